The standard InChI is InChI=1S/C15H19NO3/c1-2-19-14(18)15(11-16-9-8-13(15)17)10-12-6-4-3-5-7-12/h3-7,16H,2,8-11H2,1H3. The van der Waals surface area contributed by atoms with E-state index in [1.165, 1.54) is 0 Å². The van der Waals surface area contributed by atoms with E-state index < -0.39 is 11.4 Å². The zero-order valence-electron chi connectivity index (χ0n) is 11.1. The molecule has 0 spiro atoms. The van der Waals surface area contributed by atoms with Gasteiger partial charge in [0.1, 0.15) is 5.41 Å². The van der Waals surface area contributed by atoms with Crippen LogP contribution in [-0.2, 0) is 20.7 Å². The number of benzene rings is 1. The van der Waals surface area contributed by atoms with Crippen molar-refractivity contribution in [3.05, 3.63) is 35.9 Å². The predicted octanol–water partition coefficient (Wildman–Crippen LogP) is 1.34. The Labute approximate surface area is 113 Å². The number of rotatable bonds is 4. The maximum atomic E-state index is 12.3. The van der Waals surface area contributed by atoms with Gasteiger partial charge in [-0.05, 0) is 18.9 Å². The highest BCUT2D eigenvalue weighted by Gasteiger charge is 2.48. The summed E-state index contributed by atoms with van der Waals surface area (Å²) in [5.74, 6) is -0.426. The van der Waals surface area contributed by atoms with Crippen molar-refractivity contribution in [2.24, 2.45) is 5.41 Å². The van der Waals surface area contributed by atoms with E-state index in [2.05, 4.69) is 5.32 Å². The normalized spacial score (nSPS) is 23.1. The first-order valence-corrected chi connectivity index (χ1v) is 6.64. The highest BCUT2D eigenvalue weighted by Crippen LogP contribution is 2.29. The van der Waals surface area contributed by atoms with Gasteiger partial charge in [0.15, 0.2) is 5.78 Å². The number of nitrogens with one attached hydrogen (secondary N) is 1. The molecule has 4 nitrogen and oxygen atoms in total. The van der Waals surface area contributed by atoms with E-state index in [-0.39, 0.29) is 5.78 Å². The summed E-state index contributed by atoms with van der Waals surface area (Å²) < 4.78 is 5.13. The van der Waals surface area contributed by atoms with Crippen molar-refractivity contribution in [1.29, 1.82) is 0 Å². The van der Waals surface area contributed by atoms with E-state index in [9.17, 15) is 9.59 Å². The summed E-state index contributed by atoms with van der Waals surface area (Å²) in [5.41, 5.74) is -0.0806. The fourth-order valence-electron chi connectivity index (χ4n) is 2.47. The SMILES string of the molecule is CCOC(=O)C1(Cc2ccccc2)CNCCC1=O. The molecule has 1 saturated heterocycles. The summed E-state index contributed by atoms with van der Waals surface area (Å²) >= 11 is 0. The van der Waals surface area contributed by atoms with Crippen molar-refractivity contribution >= 4 is 11.8 Å². The molecule has 1 aliphatic heterocycles. The van der Waals surface area contributed by atoms with Crippen molar-refractivity contribution < 1.29 is 14.3 Å². The first-order valence-electron chi connectivity index (χ1n) is 6.64. The van der Waals surface area contributed by atoms with E-state index in [1.807, 2.05) is 30.3 Å². The maximum Gasteiger partial charge on any atom is 0.321 e. The van der Waals surface area contributed by atoms with Gasteiger partial charge in [0.2, 0.25) is 0 Å². The summed E-state index contributed by atoms with van der Waals surface area (Å²) in [6.45, 7) is 3.05. The van der Waals surface area contributed by atoms with E-state index in [0.29, 0.717) is 32.5 Å². The molecule has 1 aromatic carbocycles. The molecule has 1 atom stereocenters. The minimum atomic E-state index is -1.06. The molecule has 0 bridgehead atoms. The summed E-state index contributed by atoms with van der Waals surface area (Å²) in [6, 6.07) is 9.61. The second-order valence-corrected chi connectivity index (χ2v) is 4.81. The molecular formula is C15H19NO3. The van der Waals surface area contributed by atoms with E-state index >= 15 is 0 Å². The van der Waals surface area contributed by atoms with Gasteiger partial charge in [0.25, 0.3) is 0 Å². The van der Waals surface area contributed by atoms with Gasteiger partial charge in [0.05, 0.1) is 6.61 Å². The van der Waals surface area contributed by atoms with Crippen molar-refractivity contribution in [2.45, 2.75) is 19.8 Å². The molecule has 1 unspecified atom stereocenters. The molecule has 1 heterocycles. The van der Waals surface area contributed by atoms with Crippen LogP contribution in [0.1, 0.15) is 18.9 Å². The van der Waals surface area contributed by atoms with Gasteiger partial charge in [-0.3, -0.25) is 9.59 Å². The molecule has 1 fully saturated rings. The topological polar surface area (TPSA) is 55.4 Å². The average Bonchev–Trinajstić information content (AvgIpc) is 2.43. The Kier molecular flexibility index (Phi) is 4.32. The first kappa shape index (κ1) is 13.7. The zero-order valence-corrected chi connectivity index (χ0v) is 11.1. The lowest BCUT2D eigenvalue weighted by atomic mass is 9.74. The molecule has 1 N–H and O–H groups in total. The quantitative estimate of drug-likeness (QED) is 0.656. The molecule has 1 aromatic rings. The van der Waals surface area contributed by atoms with E-state index in [0.717, 1.165) is 5.56 Å². The number of carbonyl (C=O) groups excluding carboxylic acids is 2. The Bertz CT molecular complexity index is 458. The van der Waals surface area contributed by atoms with Gasteiger partial charge in [-0.25, -0.2) is 0 Å². The lowest BCUT2D eigenvalue weighted by Gasteiger charge is -2.33. The summed E-state index contributed by atoms with van der Waals surface area (Å²) in [5, 5.41) is 3.14. The van der Waals surface area contributed by atoms with Crippen LogP contribution in [-0.4, -0.2) is 31.4 Å². The molecular weight excluding hydrogens is 242 g/mol. The second-order valence-electron chi connectivity index (χ2n) is 4.81. The third-order valence-corrected chi connectivity index (χ3v) is 3.50. The Hall–Kier alpha value is -1.68. The summed E-state index contributed by atoms with van der Waals surface area (Å²) in [4.78, 5) is 24.5. The molecule has 2 rings (SSSR count). The molecule has 0 aromatic heterocycles. The van der Waals surface area contributed by atoms with Crippen LogP contribution < -0.4 is 5.32 Å². The number of ketones is 1. The van der Waals surface area contributed by atoms with Crippen LogP contribution in [0.25, 0.3) is 0 Å². The Balaban J connectivity index is 2.28. The highest BCUT2D eigenvalue weighted by molar-refractivity contribution is 6.05. The third kappa shape index (κ3) is 2.84. The molecule has 0 aliphatic carbocycles. The minimum Gasteiger partial charge on any atom is -0.465 e. The van der Waals surface area contributed by atoms with Gasteiger partial charge in [0, 0.05) is 19.5 Å². The van der Waals surface area contributed by atoms with E-state index in [1.54, 1.807) is 6.92 Å². The van der Waals surface area contributed by atoms with Gasteiger partial charge in [-0.1, -0.05) is 30.3 Å². The lowest BCUT2D eigenvalue weighted by Crippen LogP contribution is -2.54. The lowest BCUT2D eigenvalue weighted by molar-refractivity contribution is -0.161. The van der Waals surface area contributed by atoms with Gasteiger partial charge in [-0.15, -0.1) is 0 Å². The monoisotopic (exact) mass is 261 g/mol. The first-order chi connectivity index (χ1) is 9.19. The smallest absolute Gasteiger partial charge is 0.321 e. The number of Topliss-reactive ketones (excluding diaryl/α,β-unsaturated/α-hetero) is 1. The van der Waals surface area contributed by atoms with Gasteiger partial charge in [-0.2, -0.15) is 0 Å². The van der Waals surface area contributed by atoms with Crippen molar-refractivity contribution in [3.8, 4) is 0 Å². The fraction of sp³-hybridized carbons (Fsp3) is 0.467. The average molecular weight is 261 g/mol. The molecule has 0 saturated carbocycles. The molecule has 0 radical (unpaired) electrons. The Morgan fingerprint density at radius 2 is 2.11 bits per heavy atom. The number of hydrogen-bond donors (Lipinski definition) is 1. The van der Waals surface area contributed by atoms with E-state index in [4.69, 9.17) is 4.74 Å². The number of esters is 1. The molecule has 1 aliphatic rings. The van der Waals surface area contributed by atoms with Crippen molar-refractivity contribution in [2.75, 3.05) is 19.7 Å². The van der Waals surface area contributed by atoms with Crippen LogP contribution in [0.5, 0.6) is 0 Å². The molecule has 19 heavy (non-hydrogen) atoms. The minimum absolute atomic E-state index is 0.0199. The predicted molar refractivity (Wildman–Crippen MR) is 71.7 cm³/mol. The Morgan fingerprint density at radius 3 is 2.74 bits per heavy atom. The number of ether oxygens (including phenoxy) is 1. The van der Waals surface area contributed by atoms with Gasteiger partial charge < -0.3 is 10.1 Å². The number of piperidine rings is 1. The fourth-order valence-corrected chi connectivity index (χ4v) is 2.47. The van der Waals surface area contributed by atoms with Crippen LogP contribution in [0.3, 0.4) is 0 Å². The highest BCUT2D eigenvalue weighted by atomic mass is 16.5. The van der Waals surface area contributed by atoms with Gasteiger partial charge >= 0.3 is 5.97 Å². The Morgan fingerprint density at radius 1 is 1.37 bits per heavy atom. The summed E-state index contributed by atoms with van der Waals surface area (Å²) in [7, 11) is 0. The summed E-state index contributed by atoms with van der Waals surface area (Å²) in [6.07, 6.45) is 0.782. The molecule has 102 valence electrons. The van der Waals surface area contributed by atoms with Crippen LogP contribution in [0.15, 0.2) is 30.3 Å². The van der Waals surface area contributed by atoms with Crippen LogP contribution in [0.2, 0.25) is 0 Å². The second kappa shape index (κ2) is 5.97. The third-order valence-electron chi connectivity index (χ3n) is 3.50. The molecule has 4 heteroatoms. The van der Waals surface area contributed by atoms with Crippen LogP contribution in [0, 0.1) is 5.41 Å². The number of hydrogen-bond acceptors (Lipinski definition) is 4. The number of carbonyl (C=O) groups is 2. The maximum absolute atomic E-state index is 12.3. The van der Waals surface area contributed by atoms with Crippen LogP contribution in [0.4, 0.5) is 0 Å². The van der Waals surface area contributed by atoms with Crippen LogP contribution >= 0.6 is 0 Å². The largest absolute Gasteiger partial charge is 0.465 e. The van der Waals surface area contributed by atoms with Crippen molar-refractivity contribution in [1.82, 2.24) is 5.32 Å². The van der Waals surface area contributed by atoms with Crippen molar-refractivity contribution in [3.63, 3.8) is 0 Å². The zero-order chi connectivity index (χ0) is 13.7. The molecule has 0 amide bonds.